The molecule has 0 aromatic heterocycles. The first-order valence-corrected chi connectivity index (χ1v) is 27.8. The fraction of sp³-hybridized carbons (Fsp3) is 0.318. The molecule has 0 saturated carbocycles. The van der Waals surface area contributed by atoms with Gasteiger partial charge in [-0.15, -0.1) is 10.9 Å². The number of hydrogen-bond acceptors (Lipinski definition) is 0. The van der Waals surface area contributed by atoms with E-state index in [2.05, 4.69) is 205 Å². The molecule has 0 radical (unpaired) electrons. The number of fused-ring (bicyclic) bond motifs is 3. The Kier molecular flexibility index (Phi) is 17.0. The SMILES string of the molecule is BBB(B(B)B)c1c(B(B(B)B)B(B)B)c(C)c2c(B)c(BB)c(-c3c(C)c(C)c(C)c4c(-c5c(C)c(C)c(C)c(C)c5C)c5c(C)c(C)c(C)c(C)c5c(C)c34)c(B(B)BB)c2c1B(B)B(B)B. The third-order valence-corrected chi connectivity index (χ3v) is 19.7. The smallest absolute Gasteiger partial charge is 0.112 e. The Morgan fingerprint density at radius 1 is 0.319 bits per heavy atom. The fourth-order valence-electron chi connectivity index (χ4n) is 14.4. The van der Waals surface area contributed by atoms with Gasteiger partial charge in [-0.2, -0.15) is 0 Å². The van der Waals surface area contributed by atoms with Crippen LogP contribution in [0.2, 0.25) is 0 Å². The molecule has 0 fully saturated rings. The van der Waals surface area contributed by atoms with Crippen LogP contribution in [-0.4, -0.2) is 181 Å². The van der Waals surface area contributed by atoms with E-state index in [0.717, 1.165) is 21.3 Å². The van der Waals surface area contributed by atoms with Crippen LogP contribution in [-0.2, 0) is 0 Å². The molecule has 0 nitrogen and oxygen atoms in total. The second-order valence-corrected chi connectivity index (χ2v) is 24.2. The van der Waals surface area contributed by atoms with Crippen LogP contribution in [0.1, 0.15) is 77.9 Å². The van der Waals surface area contributed by atoms with Crippen molar-refractivity contribution >= 4 is 246 Å². The molecule has 0 N–H and O–H groups in total. The third kappa shape index (κ3) is 8.64. The number of rotatable bonds is 13. The predicted octanol–water partition coefficient (Wildman–Crippen LogP) is -9.97. The molecular weight excluding hydrogens is 799 g/mol. The van der Waals surface area contributed by atoms with E-state index in [1.165, 1.54) is 116 Å². The first kappa shape index (κ1) is 56.0. The average molecular weight is 872 g/mol. The van der Waals surface area contributed by atoms with Crippen molar-refractivity contribution in [1.82, 2.24) is 0 Å². The third-order valence-electron chi connectivity index (χ3n) is 19.7. The Morgan fingerprint density at radius 3 is 1.17 bits per heavy atom. The van der Waals surface area contributed by atoms with E-state index in [4.69, 9.17) is 0 Å². The summed E-state index contributed by atoms with van der Waals surface area (Å²) in [5, 5.41) is 9.06. The first-order valence-electron chi connectivity index (χ1n) is 27.8. The Morgan fingerprint density at radius 2 is 0.739 bits per heavy atom. The van der Waals surface area contributed by atoms with Crippen LogP contribution in [0.4, 0.5) is 0 Å². The van der Waals surface area contributed by atoms with Crippen molar-refractivity contribution in [3.05, 3.63) is 77.9 Å². The van der Waals surface area contributed by atoms with Gasteiger partial charge in [-0.1, -0.05) is 27.4 Å². The molecule has 0 amide bonds. The van der Waals surface area contributed by atoms with Gasteiger partial charge in [0.05, 0.1) is 141 Å². The molecule has 0 saturated heterocycles. The molecule has 0 unspecified atom stereocenters. The Hall–Kier alpha value is -2.28. The molecule has 6 aromatic rings. The monoisotopic (exact) mass is 877 g/mol. The van der Waals surface area contributed by atoms with Crippen molar-refractivity contribution in [2.75, 3.05) is 0 Å². The highest BCUT2D eigenvalue weighted by Crippen LogP contribution is 2.51. The Labute approximate surface area is 440 Å². The molecule has 6 rings (SSSR count). The van der Waals surface area contributed by atoms with Crippen molar-refractivity contribution in [2.45, 2.75) is 96.9 Å². The van der Waals surface area contributed by atoms with Crippen LogP contribution in [0.15, 0.2) is 0 Å². The van der Waals surface area contributed by atoms with E-state index in [1.807, 2.05) is 0 Å². The number of aryl methyl sites for hydroxylation is 5. The second kappa shape index (κ2) is 20.9. The van der Waals surface area contributed by atoms with Crippen LogP contribution < -0.4 is 32.8 Å². The van der Waals surface area contributed by atoms with Crippen LogP contribution >= 0.6 is 0 Å². The van der Waals surface area contributed by atoms with Crippen molar-refractivity contribution in [1.29, 1.82) is 0 Å². The summed E-state index contributed by atoms with van der Waals surface area (Å²) in [7, 11) is 38.4. The summed E-state index contributed by atoms with van der Waals surface area (Å²) in [6, 6.07) is 0. The molecule has 0 atom stereocenters. The zero-order chi connectivity index (χ0) is 52.1. The lowest BCUT2D eigenvalue weighted by Gasteiger charge is -2.38. The van der Waals surface area contributed by atoms with Gasteiger partial charge >= 0.3 is 0 Å². The second-order valence-electron chi connectivity index (χ2n) is 24.2. The van der Waals surface area contributed by atoms with E-state index in [-0.39, 0.29) is 0 Å². The molecule has 6 aromatic carbocycles. The average Bonchev–Trinajstić information content (AvgIpc) is 3.29. The highest BCUT2D eigenvalue weighted by Gasteiger charge is 2.40. The molecule has 0 heterocycles. The van der Waals surface area contributed by atoms with Crippen LogP contribution in [0.5, 0.6) is 0 Å². The van der Waals surface area contributed by atoms with Crippen molar-refractivity contribution in [2.24, 2.45) is 0 Å². The van der Waals surface area contributed by atoms with E-state index >= 15 is 0 Å². The first-order chi connectivity index (χ1) is 32.1. The standard InChI is InChI=1S/C44H73B25/c1-15-16(2)21(7)29(22(8)17(15)3)36-31-24(10)19(5)18(4)23(9)30(31)27(13)34-32(36)25(11)20(6)26(12)33(34)37-40(59-46)39(45)35-28(14)41(65(68(55)56)69(57)58)44(64(61-48)67(53)54)43(63(50)66(51)52)38(35)42(37)62(49)60-47/h59-61H,45-58H2,1-14H3. The van der Waals surface area contributed by atoms with Gasteiger partial charge in [-0.3, -0.25) is 0 Å². The minimum Gasteiger partial charge on any atom is -0.112 e. The topological polar surface area (TPSA) is 0 Å². The lowest BCUT2D eigenvalue weighted by Crippen LogP contribution is -2.74. The molecule has 0 spiro atoms. The van der Waals surface area contributed by atoms with Gasteiger partial charge in [0.25, 0.3) is 0 Å². The zero-order valence-electron chi connectivity index (χ0n) is 49.7. The molecule has 0 aliphatic carbocycles. The minimum absolute atomic E-state index is 0.354. The largest absolute Gasteiger partial charge is 0.139 e. The molecule has 324 valence electrons. The van der Waals surface area contributed by atoms with E-state index in [1.54, 1.807) is 49.2 Å². The van der Waals surface area contributed by atoms with Gasteiger partial charge in [0.2, 0.25) is 0 Å². The van der Waals surface area contributed by atoms with E-state index in [0.29, 0.717) is 51.5 Å². The molecule has 0 aliphatic rings. The van der Waals surface area contributed by atoms with Gasteiger partial charge in [0.1, 0.15) is 15.0 Å². The number of hydrogen-bond donors (Lipinski definition) is 0. The highest BCUT2D eigenvalue weighted by molar-refractivity contribution is 7.85. The minimum atomic E-state index is 0.354. The van der Waals surface area contributed by atoms with Gasteiger partial charge in [-0.25, -0.2) is 0 Å². The highest BCUT2D eigenvalue weighted by atomic mass is 14.3. The van der Waals surface area contributed by atoms with Gasteiger partial charge in [-0.05, 0) is 224 Å². The predicted molar refractivity (Wildman–Crippen MR) is 381 cm³/mol. The summed E-state index contributed by atoms with van der Waals surface area (Å²) in [6.45, 7) is 35.7. The van der Waals surface area contributed by atoms with Crippen molar-refractivity contribution in [3.8, 4) is 22.3 Å². The summed E-state index contributed by atoms with van der Waals surface area (Å²) < 4.78 is 0. The summed E-state index contributed by atoms with van der Waals surface area (Å²) in [5.41, 5.74) is 35.9. The Balaban J connectivity index is 2.15. The molecule has 25 heteroatoms. The summed E-state index contributed by atoms with van der Waals surface area (Å²) in [5.74, 6) is 0. The lowest BCUT2D eigenvalue weighted by molar-refractivity contribution is 1.18. The maximum atomic E-state index is 2.60. The van der Waals surface area contributed by atoms with E-state index < -0.39 is 0 Å². The van der Waals surface area contributed by atoms with Gasteiger partial charge in [0.15, 0.2) is 0 Å². The van der Waals surface area contributed by atoms with Gasteiger partial charge in [0, 0.05) is 25.5 Å². The maximum absolute atomic E-state index is 2.60. The van der Waals surface area contributed by atoms with Crippen LogP contribution in [0.25, 0.3) is 54.6 Å². The fourth-order valence-corrected chi connectivity index (χ4v) is 14.4. The Bertz CT molecular complexity index is 3050. The normalized spacial score (nSPS) is 11.3. The van der Waals surface area contributed by atoms with Crippen LogP contribution in [0.3, 0.4) is 0 Å². The number of benzene rings is 6. The quantitative estimate of drug-likeness (QED) is 0.0801. The lowest BCUT2D eigenvalue weighted by atomic mass is 8.70. The van der Waals surface area contributed by atoms with Crippen molar-refractivity contribution in [3.63, 3.8) is 0 Å². The van der Waals surface area contributed by atoms with Crippen molar-refractivity contribution < 1.29 is 0 Å². The molecule has 69 heavy (non-hydrogen) atoms. The zero-order valence-corrected chi connectivity index (χ0v) is 49.7. The molecular formula is C44H73B25. The van der Waals surface area contributed by atoms with Crippen LogP contribution in [0, 0.1) is 96.9 Å². The molecule has 0 bridgehead atoms. The van der Waals surface area contributed by atoms with E-state index in [9.17, 15) is 0 Å². The summed E-state index contributed by atoms with van der Waals surface area (Å²) in [6.07, 6.45) is 2.10. The van der Waals surface area contributed by atoms with Gasteiger partial charge < -0.3 is 0 Å². The molecule has 0 aliphatic heterocycles. The maximum Gasteiger partial charge on any atom is 0.139 e. The summed E-state index contributed by atoms with van der Waals surface area (Å²) >= 11 is 0. The summed E-state index contributed by atoms with van der Waals surface area (Å²) in [4.78, 5) is 0.